The van der Waals surface area contributed by atoms with E-state index in [0.717, 1.165) is 10.6 Å². The van der Waals surface area contributed by atoms with Crippen molar-refractivity contribution in [3.05, 3.63) is 62.8 Å². The zero-order valence-electron chi connectivity index (χ0n) is 23.5. The fourth-order valence-electron chi connectivity index (χ4n) is 3.97. The highest BCUT2D eigenvalue weighted by molar-refractivity contribution is 6.32. The molecule has 0 saturated heterocycles. The summed E-state index contributed by atoms with van der Waals surface area (Å²) in [5.41, 5.74) is -2.36. The molecule has 0 aliphatic heterocycles. The monoisotopic (exact) mass is 623 g/mol. The molecule has 0 aliphatic rings. The highest BCUT2D eigenvalue weighted by Crippen LogP contribution is 2.38. The maximum Gasteiger partial charge on any atom is 0.332 e. The Hall–Kier alpha value is -4.47. The molecule has 4 rings (SSSR count). The van der Waals surface area contributed by atoms with Crippen LogP contribution in [0.25, 0.3) is 16.9 Å². The van der Waals surface area contributed by atoms with Crippen molar-refractivity contribution >= 4 is 28.7 Å². The van der Waals surface area contributed by atoms with E-state index in [4.69, 9.17) is 35.7 Å². The van der Waals surface area contributed by atoms with Crippen molar-refractivity contribution in [1.82, 2.24) is 24.8 Å². The van der Waals surface area contributed by atoms with Crippen LogP contribution in [0.1, 0.15) is 25.2 Å². The number of carbonyl (C=O) groups excluding carboxylic acids is 1. The number of fused-ring (bicyclic) bond motifs is 1. The quantitative estimate of drug-likeness (QED) is 0.184. The van der Waals surface area contributed by atoms with Crippen molar-refractivity contribution in [2.45, 2.75) is 26.1 Å². The van der Waals surface area contributed by atoms with Gasteiger partial charge in [0.25, 0.3) is 5.91 Å². The molecule has 0 aliphatic carbocycles. The van der Waals surface area contributed by atoms with Crippen LogP contribution in [0.15, 0.2) is 29.1 Å². The molecular formula is C27H28ClF2N5O8. The molecule has 4 aromatic rings. The number of aliphatic hydroxyl groups is 2. The van der Waals surface area contributed by atoms with E-state index in [-0.39, 0.29) is 69.5 Å². The molecular weight excluding hydrogens is 596 g/mol. The van der Waals surface area contributed by atoms with Crippen molar-refractivity contribution in [2.24, 2.45) is 0 Å². The van der Waals surface area contributed by atoms with Gasteiger partial charge in [-0.1, -0.05) is 11.6 Å². The van der Waals surface area contributed by atoms with E-state index in [2.05, 4.69) is 20.3 Å². The highest BCUT2D eigenvalue weighted by Gasteiger charge is 2.27. The first-order valence-electron chi connectivity index (χ1n) is 12.7. The number of rotatable bonds is 12. The zero-order chi connectivity index (χ0) is 31.5. The van der Waals surface area contributed by atoms with Crippen LogP contribution >= 0.6 is 11.6 Å². The molecule has 0 fully saturated rings. The van der Waals surface area contributed by atoms with E-state index in [1.165, 1.54) is 46.3 Å². The summed E-state index contributed by atoms with van der Waals surface area (Å²) in [4.78, 5) is 36.4. The lowest BCUT2D eigenvalue weighted by molar-refractivity contribution is -0.123. The molecule has 0 atom stereocenters. The molecule has 4 N–H and O–H groups in total. The Morgan fingerprint density at radius 3 is 2.49 bits per heavy atom. The Labute approximate surface area is 248 Å². The van der Waals surface area contributed by atoms with Gasteiger partial charge in [0.15, 0.2) is 41.2 Å². The van der Waals surface area contributed by atoms with Gasteiger partial charge in [-0.3, -0.25) is 9.78 Å². The maximum atomic E-state index is 14.7. The number of H-pyrrole nitrogens is 1. The van der Waals surface area contributed by atoms with Gasteiger partial charge in [0.05, 0.1) is 37.1 Å². The van der Waals surface area contributed by atoms with Crippen molar-refractivity contribution in [1.29, 1.82) is 0 Å². The van der Waals surface area contributed by atoms with Gasteiger partial charge in [0.2, 0.25) is 5.88 Å². The van der Waals surface area contributed by atoms with Gasteiger partial charge >= 0.3 is 5.69 Å². The maximum absolute atomic E-state index is 14.7. The average Bonchev–Trinajstić information content (AvgIpc) is 3.30. The number of carbonyl (C=O) groups is 1. The second-order valence-electron chi connectivity index (χ2n) is 9.52. The van der Waals surface area contributed by atoms with Gasteiger partial charge in [-0.05, 0) is 26.0 Å². The molecule has 0 spiro atoms. The number of methoxy groups -OCH3 is 2. The summed E-state index contributed by atoms with van der Waals surface area (Å²) in [7, 11) is 2.60. The third kappa shape index (κ3) is 6.63. The van der Waals surface area contributed by atoms with Crippen LogP contribution in [0.5, 0.6) is 23.1 Å². The van der Waals surface area contributed by atoms with Crippen molar-refractivity contribution in [3.63, 3.8) is 0 Å². The van der Waals surface area contributed by atoms with E-state index in [1.54, 1.807) is 0 Å². The number of ether oxygens (including phenoxy) is 4. The Kier molecular flexibility index (Phi) is 9.37. The number of imidazole rings is 1. The molecule has 2 heterocycles. The van der Waals surface area contributed by atoms with Crippen LogP contribution < -0.4 is 30.0 Å². The number of aromatic nitrogens is 4. The molecule has 0 bridgehead atoms. The highest BCUT2D eigenvalue weighted by atomic mass is 35.5. The second-order valence-corrected chi connectivity index (χ2v) is 9.93. The minimum atomic E-state index is -1.51. The number of halogens is 3. The Morgan fingerprint density at radius 2 is 1.84 bits per heavy atom. The number of amides is 1. The topological polar surface area (TPSA) is 170 Å². The lowest BCUT2D eigenvalue weighted by atomic mass is 10.1. The summed E-state index contributed by atoms with van der Waals surface area (Å²) in [6.07, 6.45) is 0. The lowest BCUT2D eigenvalue weighted by Crippen LogP contribution is -2.31. The fourth-order valence-corrected chi connectivity index (χ4v) is 4.20. The zero-order valence-corrected chi connectivity index (χ0v) is 24.2. The third-order valence-corrected chi connectivity index (χ3v) is 6.34. The van der Waals surface area contributed by atoms with E-state index in [9.17, 15) is 23.5 Å². The first kappa shape index (κ1) is 31.5. The summed E-state index contributed by atoms with van der Waals surface area (Å²) in [5, 5.41) is 21.8. The van der Waals surface area contributed by atoms with Gasteiger partial charge in [-0.25, -0.2) is 23.1 Å². The number of hydrogen-bond donors (Lipinski definition) is 4. The Balaban J connectivity index is 1.85. The van der Waals surface area contributed by atoms with E-state index >= 15 is 0 Å². The largest absolute Gasteiger partial charge is 0.496 e. The summed E-state index contributed by atoms with van der Waals surface area (Å²) < 4.78 is 51.6. The molecule has 230 valence electrons. The smallest absolute Gasteiger partial charge is 0.332 e. The molecule has 43 heavy (non-hydrogen) atoms. The van der Waals surface area contributed by atoms with Crippen LogP contribution in [0.3, 0.4) is 0 Å². The second kappa shape index (κ2) is 12.8. The molecule has 0 unspecified atom stereocenters. The summed E-state index contributed by atoms with van der Waals surface area (Å²) in [5.74, 6) is -3.17. The molecule has 13 nitrogen and oxygen atoms in total. The normalized spacial score (nSPS) is 11.5. The number of nitrogens with zero attached hydrogens (tertiary/aromatic N) is 3. The number of nitrogens with one attached hydrogen (secondary N) is 2. The van der Waals surface area contributed by atoms with Crippen LogP contribution in [0.4, 0.5) is 8.78 Å². The van der Waals surface area contributed by atoms with E-state index in [0.29, 0.717) is 0 Å². The molecule has 2 aromatic heterocycles. The molecule has 0 radical (unpaired) electrons. The molecule has 1 amide bonds. The van der Waals surface area contributed by atoms with Gasteiger partial charge in [-0.2, -0.15) is 4.98 Å². The summed E-state index contributed by atoms with van der Waals surface area (Å²) >= 11 is 6.58. The predicted octanol–water partition coefficient (Wildman–Crippen LogP) is 2.35. The first-order chi connectivity index (χ1) is 20.4. The predicted molar refractivity (Wildman–Crippen MR) is 149 cm³/mol. The van der Waals surface area contributed by atoms with Crippen LogP contribution in [0.2, 0.25) is 5.02 Å². The average molecular weight is 624 g/mol. The van der Waals surface area contributed by atoms with E-state index in [1.807, 2.05) is 0 Å². The Morgan fingerprint density at radius 1 is 1.12 bits per heavy atom. The number of aromatic amines is 1. The number of aliphatic hydroxyl groups excluding tert-OH is 1. The van der Waals surface area contributed by atoms with E-state index < -0.39 is 42.0 Å². The van der Waals surface area contributed by atoms with Crippen molar-refractivity contribution in [2.75, 3.05) is 34.0 Å². The lowest BCUT2D eigenvalue weighted by Gasteiger charge is -2.18. The van der Waals surface area contributed by atoms with Crippen LogP contribution in [0, 0.1) is 11.6 Å². The first-order valence-corrected chi connectivity index (χ1v) is 13.0. The standard InChI is InChI=1S/C27H28ClF2N5O8/c1-27(2,39)25-33-23-22(24(34-25)41-4)32-26(38)35(23)16-10-19(18(9-14(16)28)43-12-20(37)31-7-8-36)42-11-13-17(40-3)6-5-15(29)21(13)30/h5-6,9-10,36,39H,7-8,11-12H2,1-4H3,(H,31,37)(H,32,38). The molecule has 0 saturated carbocycles. The van der Waals surface area contributed by atoms with Gasteiger partial charge in [0, 0.05) is 18.7 Å². The van der Waals surface area contributed by atoms with Crippen LogP contribution in [-0.2, 0) is 17.0 Å². The van der Waals surface area contributed by atoms with Gasteiger partial charge in [-0.15, -0.1) is 0 Å². The van der Waals surface area contributed by atoms with Crippen molar-refractivity contribution < 1.29 is 42.7 Å². The number of benzene rings is 2. The van der Waals surface area contributed by atoms with Gasteiger partial charge in [0.1, 0.15) is 23.5 Å². The van der Waals surface area contributed by atoms with Crippen molar-refractivity contribution in [3.8, 4) is 28.8 Å². The molecule has 16 heteroatoms. The minimum absolute atomic E-state index is 0.00304. The minimum Gasteiger partial charge on any atom is -0.496 e. The molecule has 2 aromatic carbocycles. The van der Waals surface area contributed by atoms with Crippen LogP contribution in [-0.4, -0.2) is 69.6 Å². The fraction of sp³-hybridized carbons (Fsp3) is 0.333. The number of hydrogen-bond acceptors (Lipinski definition) is 10. The summed E-state index contributed by atoms with van der Waals surface area (Å²) in [6, 6.07) is 4.66. The SMILES string of the molecule is COc1ccc(F)c(F)c1COc1cc(-n2c(=O)[nH]c3c(OC)nc(C(C)(C)O)nc32)c(Cl)cc1OCC(=O)NCCO. The van der Waals surface area contributed by atoms with Gasteiger partial charge < -0.3 is 34.5 Å². The third-order valence-electron chi connectivity index (χ3n) is 6.04. The summed E-state index contributed by atoms with van der Waals surface area (Å²) in [6.45, 7) is 1.53. The Bertz CT molecular complexity index is 1720.